The molecule has 1 aliphatic rings. The lowest BCUT2D eigenvalue weighted by molar-refractivity contribution is -0.145. The number of benzene rings is 2. The predicted molar refractivity (Wildman–Crippen MR) is 126 cm³/mol. The van der Waals surface area contributed by atoms with Gasteiger partial charge in [0.2, 0.25) is 0 Å². The van der Waals surface area contributed by atoms with Crippen molar-refractivity contribution in [1.29, 1.82) is 5.41 Å². The molecule has 8 nitrogen and oxygen atoms in total. The van der Waals surface area contributed by atoms with Crippen LogP contribution in [0.4, 0.5) is 0 Å². The summed E-state index contributed by atoms with van der Waals surface area (Å²) in [7, 11) is 0. The summed E-state index contributed by atoms with van der Waals surface area (Å²) in [6, 6.07) is 10.00. The number of nitrogens with one attached hydrogen (secondary N) is 1. The zero-order valence-corrected chi connectivity index (χ0v) is 19.6. The van der Waals surface area contributed by atoms with E-state index in [1.165, 1.54) is 16.7 Å². The molecule has 1 heterocycles. The molecule has 0 saturated heterocycles. The number of rotatable bonds is 10. The first-order chi connectivity index (χ1) is 15.9. The van der Waals surface area contributed by atoms with Gasteiger partial charge in [0.05, 0.1) is 30.4 Å². The van der Waals surface area contributed by atoms with Crippen LogP contribution in [0.15, 0.2) is 36.4 Å². The van der Waals surface area contributed by atoms with Crippen LogP contribution >= 0.6 is 11.8 Å². The molecule has 2 aromatic carbocycles. The van der Waals surface area contributed by atoms with E-state index in [4.69, 9.17) is 19.6 Å². The maximum atomic E-state index is 13.1. The number of ether oxygens (including phenoxy) is 3. The van der Waals surface area contributed by atoms with Crippen molar-refractivity contribution in [3.8, 4) is 11.5 Å². The van der Waals surface area contributed by atoms with E-state index in [1.54, 1.807) is 44.2 Å². The Morgan fingerprint density at radius 2 is 1.88 bits per heavy atom. The second-order valence-corrected chi connectivity index (χ2v) is 7.99. The van der Waals surface area contributed by atoms with Gasteiger partial charge < -0.3 is 19.1 Å². The number of ketones is 1. The van der Waals surface area contributed by atoms with E-state index < -0.39 is 5.97 Å². The fraction of sp³-hybridized carbons (Fsp3) is 0.333. The Morgan fingerprint density at radius 3 is 2.58 bits per heavy atom. The number of nitrogens with zero attached hydrogens (tertiary/aromatic N) is 1. The zero-order valence-electron chi connectivity index (χ0n) is 18.8. The topological polar surface area (TPSA) is 106 Å². The summed E-state index contributed by atoms with van der Waals surface area (Å²) >= 11 is 1.33. The van der Waals surface area contributed by atoms with Crippen molar-refractivity contribution in [3.05, 3.63) is 58.7 Å². The van der Waals surface area contributed by atoms with E-state index in [1.807, 2.05) is 12.3 Å². The van der Waals surface area contributed by atoms with Crippen molar-refractivity contribution in [1.82, 2.24) is 4.90 Å². The normalized spacial score (nSPS) is 12.3. The van der Waals surface area contributed by atoms with Crippen molar-refractivity contribution in [2.75, 3.05) is 32.6 Å². The number of hydrogen-bond donors (Lipinski definition) is 1. The van der Waals surface area contributed by atoms with Gasteiger partial charge in [-0.15, -0.1) is 11.8 Å². The molecular weight excluding hydrogens is 444 g/mol. The highest BCUT2D eigenvalue weighted by atomic mass is 32.2. The van der Waals surface area contributed by atoms with E-state index in [0.717, 1.165) is 11.1 Å². The van der Waals surface area contributed by atoms with Crippen LogP contribution in [0.25, 0.3) is 0 Å². The van der Waals surface area contributed by atoms with Gasteiger partial charge in [0.25, 0.3) is 5.91 Å². The summed E-state index contributed by atoms with van der Waals surface area (Å²) in [6.07, 6.45) is 1.83. The molecule has 0 spiro atoms. The Hall–Kier alpha value is -3.33. The van der Waals surface area contributed by atoms with E-state index in [2.05, 4.69) is 0 Å². The van der Waals surface area contributed by atoms with Gasteiger partial charge in [0.1, 0.15) is 11.5 Å². The van der Waals surface area contributed by atoms with Crippen LogP contribution in [0.3, 0.4) is 0 Å². The Balaban J connectivity index is 1.73. The Labute approximate surface area is 196 Å². The van der Waals surface area contributed by atoms with Gasteiger partial charge in [-0.3, -0.25) is 15.0 Å². The molecule has 3 rings (SSSR count). The second kappa shape index (κ2) is 11.0. The number of fused-ring (bicyclic) bond motifs is 1. The number of amides is 1. The third-order valence-corrected chi connectivity index (χ3v) is 5.64. The smallest absolute Gasteiger partial charge is 0.344 e. The lowest BCUT2D eigenvalue weighted by Crippen LogP contribution is -2.30. The summed E-state index contributed by atoms with van der Waals surface area (Å²) in [5, 5.41) is 8.40. The third kappa shape index (κ3) is 5.73. The number of carbonyl (C=O) groups excluding carboxylic acids is 3. The molecule has 0 saturated carbocycles. The number of carbonyl (C=O) groups is 3. The van der Waals surface area contributed by atoms with Gasteiger partial charge in [-0.05, 0) is 49.9 Å². The van der Waals surface area contributed by atoms with Gasteiger partial charge in [-0.1, -0.05) is 6.07 Å². The molecule has 0 atom stereocenters. The minimum absolute atomic E-state index is 0.105. The number of Topliss-reactive ketones (excluding diaryl/α,β-unsaturated/α-hetero) is 1. The summed E-state index contributed by atoms with van der Waals surface area (Å²) in [5.74, 6) is -0.277. The predicted octanol–water partition coefficient (Wildman–Crippen LogP) is 3.55. The van der Waals surface area contributed by atoms with Crippen molar-refractivity contribution >= 4 is 34.5 Å². The average Bonchev–Trinajstić information content (AvgIpc) is 3.12. The van der Waals surface area contributed by atoms with Gasteiger partial charge in [-0.25, -0.2) is 4.79 Å². The molecule has 0 aliphatic carbocycles. The van der Waals surface area contributed by atoms with Crippen LogP contribution in [-0.4, -0.2) is 60.2 Å². The van der Waals surface area contributed by atoms with E-state index in [9.17, 15) is 14.4 Å². The molecule has 1 N–H and O–H groups in total. The largest absolute Gasteiger partial charge is 0.493 e. The molecule has 9 heteroatoms. The first kappa shape index (κ1) is 24.3. The zero-order chi connectivity index (χ0) is 24.0. The average molecular weight is 471 g/mol. The van der Waals surface area contributed by atoms with E-state index in [0.29, 0.717) is 40.8 Å². The Kier molecular flexibility index (Phi) is 8.11. The number of thioether (sulfide) groups is 1. The van der Waals surface area contributed by atoms with Crippen molar-refractivity contribution in [3.63, 3.8) is 0 Å². The molecule has 174 valence electrons. The third-order valence-electron chi connectivity index (χ3n) is 5.00. The molecule has 0 unspecified atom stereocenters. The summed E-state index contributed by atoms with van der Waals surface area (Å²) in [6.45, 7) is 4.06. The maximum Gasteiger partial charge on any atom is 0.344 e. The number of esters is 1. The van der Waals surface area contributed by atoms with Crippen molar-refractivity contribution in [2.45, 2.75) is 20.4 Å². The molecule has 2 aromatic rings. The molecule has 0 radical (unpaired) electrons. The molecule has 1 aliphatic heterocycles. The van der Waals surface area contributed by atoms with Gasteiger partial charge >= 0.3 is 5.97 Å². The highest BCUT2D eigenvalue weighted by Crippen LogP contribution is 2.29. The van der Waals surface area contributed by atoms with Crippen LogP contribution in [0.1, 0.15) is 45.7 Å². The lowest BCUT2D eigenvalue weighted by Gasteiger charge is -2.17. The molecule has 0 fully saturated rings. The van der Waals surface area contributed by atoms with Crippen LogP contribution in [-0.2, 0) is 16.1 Å². The van der Waals surface area contributed by atoms with E-state index in [-0.39, 0.29) is 31.4 Å². The molecule has 1 amide bonds. The minimum atomic E-state index is -0.487. The fourth-order valence-corrected chi connectivity index (χ4v) is 3.83. The van der Waals surface area contributed by atoms with E-state index >= 15 is 0 Å². The van der Waals surface area contributed by atoms with Crippen molar-refractivity contribution in [2.24, 2.45) is 0 Å². The minimum Gasteiger partial charge on any atom is -0.493 e. The molecule has 33 heavy (non-hydrogen) atoms. The fourth-order valence-electron chi connectivity index (χ4n) is 3.47. The molecular formula is C24H26N2O6S. The summed E-state index contributed by atoms with van der Waals surface area (Å²) in [5.41, 5.74) is 2.43. The number of hydrogen-bond acceptors (Lipinski definition) is 8. The van der Waals surface area contributed by atoms with Gasteiger partial charge in [-0.2, -0.15) is 0 Å². The van der Waals surface area contributed by atoms with Crippen molar-refractivity contribution < 1.29 is 28.6 Å². The lowest BCUT2D eigenvalue weighted by atomic mass is 10.1. The Bertz CT molecular complexity index is 1080. The highest BCUT2D eigenvalue weighted by molar-refractivity contribution is 8.13. The molecule has 0 aromatic heterocycles. The summed E-state index contributed by atoms with van der Waals surface area (Å²) < 4.78 is 15.9. The monoisotopic (exact) mass is 470 g/mol. The van der Waals surface area contributed by atoms with Crippen LogP contribution < -0.4 is 9.47 Å². The van der Waals surface area contributed by atoms with Gasteiger partial charge in [0.15, 0.2) is 12.4 Å². The SMILES string of the molecule is CCOC(=O)COc1ccc(C(=O)CN2Cc3cc(C(=N)SC)ccc3C2=O)c(OCC)c1. The molecule has 0 bridgehead atoms. The first-order valence-corrected chi connectivity index (χ1v) is 11.7. The van der Waals surface area contributed by atoms with Crippen LogP contribution in [0.2, 0.25) is 0 Å². The quantitative estimate of drug-likeness (QED) is 0.245. The van der Waals surface area contributed by atoms with Gasteiger partial charge in [0, 0.05) is 23.7 Å². The maximum absolute atomic E-state index is 13.1. The first-order valence-electron chi connectivity index (χ1n) is 10.5. The standard InChI is InChI=1S/C24H26N2O6S/c1-4-30-21-11-17(32-14-22(28)31-5-2)7-9-19(21)20(27)13-26-12-16-10-15(23(25)33-3)6-8-18(16)24(26)29/h6-11,25H,4-5,12-14H2,1-3H3. The van der Waals surface area contributed by atoms with Crippen LogP contribution in [0, 0.1) is 5.41 Å². The highest BCUT2D eigenvalue weighted by Gasteiger charge is 2.30. The summed E-state index contributed by atoms with van der Waals surface area (Å²) in [4.78, 5) is 38.9. The Morgan fingerprint density at radius 1 is 1.09 bits per heavy atom. The second-order valence-electron chi connectivity index (χ2n) is 7.17. The van der Waals surface area contributed by atoms with Crippen LogP contribution in [0.5, 0.6) is 11.5 Å².